The molecule has 1 atom stereocenters. The molecule has 4 aromatic rings. The molecule has 0 saturated heterocycles. The summed E-state index contributed by atoms with van der Waals surface area (Å²) in [6.45, 7) is 7.50. The number of nitriles is 1. The van der Waals surface area contributed by atoms with Crippen LogP contribution in [-0.4, -0.2) is 32.0 Å². The van der Waals surface area contributed by atoms with Gasteiger partial charge >= 0.3 is 0 Å². The van der Waals surface area contributed by atoms with Crippen LogP contribution >= 0.6 is 0 Å². The third-order valence-corrected chi connectivity index (χ3v) is 10.2. The van der Waals surface area contributed by atoms with E-state index in [0.717, 1.165) is 23.1 Å². The molecule has 1 unspecified atom stereocenters. The minimum Gasteiger partial charge on any atom is -0.489 e. The molecule has 0 radical (unpaired) electrons. The molecule has 0 N–H and O–H groups in total. The summed E-state index contributed by atoms with van der Waals surface area (Å²) in [4.78, 5) is 0. The van der Waals surface area contributed by atoms with Crippen molar-refractivity contribution in [2.24, 2.45) is 0 Å². The van der Waals surface area contributed by atoms with Gasteiger partial charge in [-0.2, -0.15) is 5.26 Å². The quantitative estimate of drug-likeness (QED) is 0.0409. The van der Waals surface area contributed by atoms with Crippen LogP contribution in [0.5, 0.6) is 11.5 Å². The van der Waals surface area contributed by atoms with Crippen molar-refractivity contribution in [3.05, 3.63) is 131 Å². The van der Waals surface area contributed by atoms with Gasteiger partial charge in [0.05, 0.1) is 24.9 Å². The lowest BCUT2D eigenvalue weighted by molar-refractivity contribution is -0.0553. The smallest absolute Gasteiger partial charge is 0.145 e. The largest absolute Gasteiger partial charge is 0.489 e. The van der Waals surface area contributed by atoms with Gasteiger partial charge in [0.25, 0.3) is 0 Å². The molecule has 0 fully saturated rings. The third-order valence-electron chi connectivity index (χ3n) is 10.2. The van der Waals surface area contributed by atoms with Crippen molar-refractivity contribution in [1.82, 2.24) is 0 Å². The van der Waals surface area contributed by atoms with Gasteiger partial charge in [0.2, 0.25) is 0 Å². The van der Waals surface area contributed by atoms with Gasteiger partial charge in [-0.05, 0) is 49.1 Å². The SMILES string of the molecule is CCCCCCCCCCCCCCCCCCOCC(COC(c1ccccc1)(c1ccccc1)c1ccccc1)Oc1ccc(C#N)c(OC(C)C)c1. The first-order valence-corrected chi connectivity index (χ1v) is 21.3. The lowest BCUT2D eigenvalue weighted by Crippen LogP contribution is -2.38. The number of benzene rings is 4. The fourth-order valence-electron chi connectivity index (χ4n) is 7.28. The topological polar surface area (TPSA) is 60.7 Å². The first-order valence-electron chi connectivity index (χ1n) is 21.3. The Bertz CT molecular complexity index is 1500. The van der Waals surface area contributed by atoms with Crippen molar-refractivity contribution in [3.8, 4) is 17.6 Å². The maximum atomic E-state index is 9.71. The Kier molecular flexibility index (Phi) is 20.5. The van der Waals surface area contributed by atoms with Gasteiger partial charge in [0.1, 0.15) is 29.3 Å². The van der Waals surface area contributed by atoms with E-state index in [4.69, 9.17) is 18.9 Å². The maximum absolute atomic E-state index is 9.71. The van der Waals surface area contributed by atoms with Crippen LogP contribution in [0.25, 0.3) is 0 Å². The Hall–Kier alpha value is -4.11. The normalized spacial score (nSPS) is 12.1. The molecule has 55 heavy (non-hydrogen) atoms. The summed E-state index contributed by atoms with van der Waals surface area (Å²) in [5, 5.41) is 9.71. The molecule has 0 aromatic heterocycles. The molecule has 4 rings (SSSR count). The number of ether oxygens (including phenoxy) is 4. The van der Waals surface area contributed by atoms with Gasteiger partial charge in [-0.1, -0.05) is 194 Å². The zero-order chi connectivity index (χ0) is 38.8. The maximum Gasteiger partial charge on any atom is 0.145 e. The zero-order valence-electron chi connectivity index (χ0n) is 34.1. The molecule has 296 valence electrons. The molecule has 0 bridgehead atoms. The highest BCUT2D eigenvalue weighted by Gasteiger charge is 2.38. The lowest BCUT2D eigenvalue weighted by atomic mass is 9.80. The number of hydrogen-bond acceptors (Lipinski definition) is 5. The van der Waals surface area contributed by atoms with E-state index in [9.17, 15) is 5.26 Å². The van der Waals surface area contributed by atoms with Crippen molar-refractivity contribution < 1.29 is 18.9 Å². The standard InChI is InChI=1S/C50H67NO4/c1-4-5-6-7-8-9-10-11-12-13-14-15-16-17-18-28-37-52-40-48(55-47-36-35-43(39-51)49(38-47)54-42(2)3)41-53-50(44-29-22-19-23-30-44,45-31-24-20-25-32-45)46-33-26-21-27-34-46/h19-27,29-36,38,42,48H,4-18,28,37,40-41H2,1-3H3. The van der Waals surface area contributed by atoms with Gasteiger partial charge in [-0.3, -0.25) is 0 Å². The second kappa shape index (κ2) is 25.9. The van der Waals surface area contributed by atoms with Crippen LogP contribution in [0, 0.1) is 11.3 Å². The molecule has 0 aliphatic heterocycles. The monoisotopic (exact) mass is 746 g/mol. The lowest BCUT2D eigenvalue weighted by Gasteiger charge is -2.37. The highest BCUT2D eigenvalue weighted by atomic mass is 16.6. The average Bonchev–Trinajstić information content (AvgIpc) is 3.21. The molecule has 0 spiro atoms. The number of hydrogen-bond donors (Lipinski definition) is 0. The van der Waals surface area contributed by atoms with Crippen LogP contribution in [-0.2, 0) is 15.1 Å². The molecular formula is C50H67NO4. The molecule has 5 nitrogen and oxygen atoms in total. The van der Waals surface area contributed by atoms with Gasteiger partial charge < -0.3 is 18.9 Å². The fraction of sp³-hybridized carbons (Fsp3) is 0.500. The predicted octanol–water partition coefficient (Wildman–Crippen LogP) is 13.4. The van der Waals surface area contributed by atoms with Crippen LogP contribution in [0.15, 0.2) is 109 Å². The first kappa shape index (κ1) is 43.6. The predicted molar refractivity (Wildman–Crippen MR) is 227 cm³/mol. The molecule has 0 aliphatic carbocycles. The Balaban J connectivity index is 1.34. The Morgan fingerprint density at radius 2 is 1.00 bits per heavy atom. The van der Waals surface area contributed by atoms with E-state index in [-0.39, 0.29) is 12.7 Å². The summed E-state index contributed by atoms with van der Waals surface area (Å²) in [6.07, 6.45) is 21.0. The van der Waals surface area contributed by atoms with Crippen LogP contribution in [0.1, 0.15) is 146 Å². The van der Waals surface area contributed by atoms with Gasteiger partial charge in [0.15, 0.2) is 0 Å². The summed E-state index contributed by atoms with van der Waals surface area (Å²) in [5.74, 6) is 1.12. The van der Waals surface area contributed by atoms with E-state index in [1.165, 1.54) is 96.3 Å². The van der Waals surface area contributed by atoms with E-state index >= 15 is 0 Å². The van der Waals surface area contributed by atoms with E-state index in [0.29, 0.717) is 30.3 Å². The molecule has 5 heteroatoms. The Morgan fingerprint density at radius 3 is 1.44 bits per heavy atom. The summed E-state index contributed by atoms with van der Waals surface area (Å²) >= 11 is 0. The average molecular weight is 746 g/mol. The minimum atomic E-state index is -0.879. The fourth-order valence-corrected chi connectivity index (χ4v) is 7.28. The Labute approximate surface area is 333 Å². The summed E-state index contributed by atoms with van der Waals surface area (Å²) < 4.78 is 26.1. The Morgan fingerprint density at radius 1 is 0.545 bits per heavy atom. The summed E-state index contributed by atoms with van der Waals surface area (Å²) in [5.41, 5.74) is 2.70. The van der Waals surface area contributed by atoms with Gasteiger partial charge in [-0.25, -0.2) is 0 Å². The highest BCUT2D eigenvalue weighted by molar-refractivity contribution is 5.48. The van der Waals surface area contributed by atoms with Crippen molar-refractivity contribution in [1.29, 1.82) is 5.26 Å². The van der Waals surface area contributed by atoms with Crippen molar-refractivity contribution >= 4 is 0 Å². The van der Waals surface area contributed by atoms with Crippen LogP contribution in [0.2, 0.25) is 0 Å². The molecule has 0 heterocycles. The first-order chi connectivity index (χ1) is 27.1. The van der Waals surface area contributed by atoms with Gasteiger partial charge in [0, 0.05) is 12.7 Å². The van der Waals surface area contributed by atoms with E-state index < -0.39 is 11.7 Å². The van der Waals surface area contributed by atoms with Gasteiger partial charge in [-0.15, -0.1) is 0 Å². The van der Waals surface area contributed by atoms with Crippen molar-refractivity contribution in [2.75, 3.05) is 19.8 Å². The summed E-state index contributed by atoms with van der Waals surface area (Å²) in [6, 6.07) is 38.8. The van der Waals surface area contributed by atoms with Crippen LogP contribution < -0.4 is 9.47 Å². The van der Waals surface area contributed by atoms with Crippen LogP contribution in [0.3, 0.4) is 0 Å². The van der Waals surface area contributed by atoms with E-state index in [1.807, 2.05) is 38.1 Å². The van der Waals surface area contributed by atoms with Crippen molar-refractivity contribution in [3.63, 3.8) is 0 Å². The minimum absolute atomic E-state index is 0.0761. The second-order valence-electron chi connectivity index (χ2n) is 15.1. The summed E-state index contributed by atoms with van der Waals surface area (Å²) in [7, 11) is 0. The number of nitrogens with zero attached hydrogens (tertiary/aromatic N) is 1. The molecule has 4 aromatic carbocycles. The second-order valence-corrected chi connectivity index (χ2v) is 15.1. The molecule has 0 saturated carbocycles. The number of unbranched alkanes of at least 4 members (excludes halogenated alkanes) is 15. The highest BCUT2D eigenvalue weighted by Crippen LogP contribution is 2.40. The van der Waals surface area contributed by atoms with E-state index in [2.05, 4.69) is 85.8 Å². The molecular weight excluding hydrogens is 679 g/mol. The molecule has 0 amide bonds. The van der Waals surface area contributed by atoms with E-state index in [1.54, 1.807) is 12.1 Å². The molecule has 0 aliphatic rings. The van der Waals surface area contributed by atoms with Crippen LogP contribution in [0.4, 0.5) is 0 Å². The zero-order valence-corrected chi connectivity index (χ0v) is 34.1. The number of rotatable bonds is 29. The van der Waals surface area contributed by atoms with Crippen molar-refractivity contribution in [2.45, 2.75) is 141 Å². The third kappa shape index (κ3) is 15.2.